The SMILES string of the molecule is CNCC(C)Cn1ccc(=O)c([N+](=O)[O-])c1. The van der Waals surface area contributed by atoms with Crippen molar-refractivity contribution < 1.29 is 4.92 Å². The number of rotatable bonds is 5. The molecular formula is C10H15N3O3. The normalized spacial score (nSPS) is 12.4. The summed E-state index contributed by atoms with van der Waals surface area (Å²) in [6.07, 6.45) is 2.86. The van der Waals surface area contributed by atoms with Gasteiger partial charge in [-0.25, -0.2) is 0 Å². The zero-order valence-corrected chi connectivity index (χ0v) is 9.34. The van der Waals surface area contributed by atoms with E-state index in [0.29, 0.717) is 12.5 Å². The van der Waals surface area contributed by atoms with Gasteiger partial charge in [0.25, 0.3) is 5.43 Å². The minimum Gasteiger partial charge on any atom is -0.348 e. The molecule has 0 bridgehead atoms. The van der Waals surface area contributed by atoms with Gasteiger partial charge in [-0.15, -0.1) is 0 Å². The van der Waals surface area contributed by atoms with Crippen molar-refractivity contribution in [2.24, 2.45) is 5.92 Å². The van der Waals surface area contributed by atoms with E-state index in [9.17, 15) is 14.9 Å². The molecule has 1 unspecified atom stereocenters. The molecule has 1 atom stereocenters. The Balaban J connectivity index is 2.87. The topological polar surface area (TPSA) is 77.2 Å². The van der Waals surface area contributed by atoms with E-state index in [2.05, 4.69) is 5.32 Å². The number of nitro groups is 1. The van der Waals surface area contributed by atoms with Crippen LogP contribution in [0.4, 0.5) is 5.69 Å². The predicted octanol–water partition coefficient (Wildman–Crippen LogP) is 0.612. The minimum absolute atomic E-state index is 0.340. The van der Waals surface area contributed by atoms with Crippen molar-refractivity contribution in [1.29, 1.82) is 0 Å². The molecular weight excluding hydrogens is 210 g/mol. The maximum atomic E-state index is 11.2. The first kappa shape index (κ1) is 12.4. The number of aromatic nitrogens is 1. The molecule has 1 heterocycles. The summed E-state index contributed by atoms with van der Waals surface area (Å²) in [7, 11) is 1.85. The fourth-order valence-corrected chi connectivity index (χ4v) is 1.54. The molecule has 0 aromatic carbocycles. The second-order valence-corrected chi connectivity index (χ2v) is 3.81. The molecule has 6 heteroatoms. The third kappa shape index (κ3) is 3.16. The van der Waals surface area contributed by atoms with E-state index in [-0.39, 0.29) is 5.69 Å². The summed E-state index contributed by atoms with van der Waals surface area (Å²) < 4.78 is 1.67. The molecule has 0 aliphatic carbocycles. The lowest BCUT2D eigenvalue weighted by Crippen LogP contribution is -2.21. The average molecular weight is 225 g/mol. The van der Waals surface area contributed by atoms with Gasteiger partial charge >= 0.3 is 5.69 Å². The molecule has 0 aliphatic rings. The van der Waals surface area contributed by atoms with E-state index in [1.165, 1.54) is 12.3 Å². The highest BCUT2D eigenvalue weighted by Gasteiger charge is 2.12. The molecule has 0 saturated heterocycles. The third-order valence-corrected chi connectivity index (χ3v) is 2.23. The summed E-state index contributed by atoms with van der Waals surface area (Å²) in [5.74, 6) is 0.340. The fraction of sp³-hybridized carbons (Fsp3) is 0.500. The Morgan fingerprint density at radius 2 is 2.31 bits per heavy atom. The van der Waals surface area contributed by atoms with E-state index in [4.69, 9.17) is 0 Å². The Hall–Kier alpha value is -1.69. The highest BCUT2D eigenvalue weighted by atomic mass is 16.6. The maximum absolute atomic E-state index is 11.2. The highest BCUT2D eigenvalue weighted by molar-refractivity contribution is 5.25. The van der Waals surface area contributed by atoms with E-state index in [0.717, 1.165) is 6.54 Å². The van der Waals surface area contributed by atoms with Gasteiger partial charge in [0.15, 0.2) is 0 Å². The predicted molar refractivity (Wildman–Crippen MR) is 60.4 cm³/mol. The first-order valence-corrected chi connectivity index (χ1v) is 5.03. The molecule has 0 saturated carbocycles. The van der Waals surface area contributed by atoms with Gasteiger partial charge in [0.1, 0.15) is 0 Å². The van der Waals surface area contributed by atoms with Crippen LogP contribution < -0.4 is 10.7 Å². The lowest BCUT2D eigenvalue weighted by Gasteiger charge is -2.12. The van der Waals surface area contributed by atoms with Gasteiger partial charge in [-0.1, -0.05) is 6.92 Å². The van der Waals surface area contributed by atoms with Crippen molar-refractivity contribution in [2.45, 2.75) is 13.5 Å². The standard InChI is InChI=1S/C10H15N3O3/c1-8(5-11-2)6-12-4-3-10(14)9(7-12)13(15)16/h3-4,7-8,11H,5-6H2,1-2H3. The van der Waals surface area contributed by atoms with Crippen molar-refractivity contribution in [2.75, 3.05) is 13.6 Å². The number of nitrogens with zero attached hydrogens (tertiary/aromatic N) is 2. The van der Waals surface area contributed by atoms with Crippen LogP contribution in [-0.2, 0) is 6.54 Å². The Morgan fingerprint density at radius 3 is 2.88 bits per heavy atom. The summed E-state index contributed by atoms with van der Waals surface area (Å²) in [4.78, 5) is 21.1. The summed E-state index contributed by atoms with van der Waals surface area (Å²) in [5.41, 5.74) is -0.929. The molecule has 1 rings (SSSR count). The summed E-state index contributed by atoms with van der Waals surface area (Å²) >= 11 is 0. The van der Waals surface area contributed by atoms with Gasteiger partial charge in [0.2, 0.25) is 0 Å². The number of hydrogen-bond donors (Lipinski definition) is 1. The second-order valence-electron chi connectivity index (χ2n) is 3.81. The zero-order chi connectivity index (χ0) is 12.1. The van der Waals surface area contributed by atoms with Gasteiger partial charge in [0.05, 0.1) is 11.1 Å². The van der Waals surface area contributed by atoms with Crippen LogP contribution in [0.1, 0.15) is 6.92 Å². The fourth-order valence-electron chi connectivity index (χ4n) is 1.54. The van der Waals surface area contributed by atoms with Crippen molar-refractivity contribution in [1.82, 2.24) is 9.88 Å². The highest BCUT2D eigenvalue weighted by Crippen LogP contribution is 2.05. The smallest absolute Gasteiger partial charge is 0.332 e. The molecule has 0 spiro atoms. The molecule has 0 radical (unpaired) electrons. The molecule has 1 aromatic heterocycles. The van der Waals surface area contributed by atoms with Crippen LogP contribution in [0, 0.1) is 16.0 Å². The quantitative estimate of drug-likeness (QED) is 0.588. The molecule has 16 heavy (non-hydrogen) atoms. The van der Waals surface area contributed by atoms with E-state index in [1.54, 1.807) is 10.8 Å². The monoisotopic (exact) mass is 225 g/mol. The van der Waals surface area contributed by atoms with Gasteiger partial charge in [-0.2, -0.15) is 0 Å². The molecule has 0 aliphatic heterocycles. The van der Waals surface area contributed by atoms with E-state index in [1.807, 2.05) is 14.0 Å². The average Bonchev–Trinajstić information content (AvgIpc) is 2.21. The van der Waals surface area contributed by atoms with Gasteiger partial charge < -0.3 is 9.88 Å². The third-order valence-electron chi connectivity index (χ3n) is 2.23. The van der Waals surface area contributed by atoms with Crippen LogP contribution in [0.25, 0.3) is 0 Å². The van der Waals surface area contributed by atoms with Crippen LogP contribution in [0.15, 0.2) is 23.3 Å². The lowest BCUT2D eigenvalue weighted by atomic mass is 10.2. The van der Waals surface area contributed by atoms with Crippen molar-refractivity contribution in [3.8, 4) is 0 Å². The molecule has 0 amide bonds. The molecule has 88 valence electrons. The summed E-state index contributed by atoms with van der Waals surface area (Å²) in [6, 6.07) is 1.23. The molecule has 1 aromatic rings. The van der Waals surface area contributed by atoms with Crippen LogP contribution in [0.5, 0.6) is 0 Å². The van der Waals surface area contributed by atoms with Crippen LogP contribution in [0.2, 0.25) is 0 Å². The lowest BCUT2D eigenvalue weighted by molar-refractivity contribution is -0.386. The second kappa shape index (κ2) is 5.41. The van der Waals surface area contributed by atoms with Crippen LogP contribution in [-0.4, -0.2) is 23.1 Å². The maximum Gasteiger partial charge on any atom is 0.332 e. The van der Waals surface area contributed by atoms with Crippen molar-refractivity contribution >= 4 is 5.69 Å². The van der Waals surface area contributed by atoms with Gasteiger partial charge in [-0.3, -0.25) is 14.9 Å². The Kier molecular flexibility index (Phi) is 4.19. The van der Waals surface area contributed by atoms with E-state index >= 15 is 0 Å². The molecule has 1 N–H and O–H groups in total. The minimum atomic E-state index is -0.651. The number of pyridine rings is 1. The van der Waals surface area contributed by atoms with Crippen molar-refractivity contribution in [3.05, 3.63) is 38.8 Å². The van der Waals surface area contributed by atoms with Crippen molar-refractivity contribution in [3.63, 3.8) is 0 Å². The van der Waals surface area contributed by atoms with Crippen LogP contribution >= 0.6 is 0 Å². The van der Waals surface area contributed by atoms with Gasteiger partial charge in [-0.05, 0) is 19.5 Å². The molecule has 0 fully saturated rings. The van der Waals surface area contributed by atoms with Gasteiger partial charge in [0, 0.05) is 18.8 Å². The Labute approximate surface area is 93.1 Å². The number of nitrogens with one attached hydrogen (secondary N) is 1. The van der Waals surface area contributed by atoms with E-state index < -0.39 is 10.4 Å². The largest absolute Gasteiger partial charge is 0.348 e. The summed E-state index contributed by atoms with van der Waals surface area (Å²) in [6.45, 7) is 3.49. The van der Waals surface area contributed by atoms with Crippen LogP contribution in [0.3, 0.4) is 0 Å². The zero-order valence-electron chi connectivity index (χ0n) is 9.34. The Morgan fingerprint density at radius 1 is 1.62 bits per heavy atom. The molecule has 6 nitrogen and oxygen atoms in total. The Bertz CT molecular complexity index is 428. The first-order valence-electron chi connectivity index (χ1n) is 5.03. The summed E-state index contributed by atoms with van der Waals surface area (Å²) in [5, 5.41) is 13.6. The first-order chi connectivity index (χ1) is 7.54. The number of hydrogen-bond acceptors (Lipinski definition) is 4.